The van der Waals surface area contributed by atoms with Gasteiger partial charge >= 0.3 is 5.97 Å². The molecule has 9 heteroatoms. The molecule has 0 spiro atoms. The van der Waals surface area contributed by atoms with Crippen LogP contribution in [0.1, 0.15) is 45.2 Å². The average molecular weight is 473 g/mol. The molecule has 3 aliphatic rings. The van der Waals surface area contributed by atoms with E-state index in [9.17, 15) is 14.3 Å². The van der Waals surface area contributed by atoms with Gasteiger partial charge in [-0.2, -0.15) is 0 Å². The Bertz CT molecular complexity index is 1210. The predicted octanol–water partition coefficient (Wildman–Crippen LogP) is 5.48. The van der Waals surface area contributed by atoms with Crippen LogP contribution in [0.2, 0.25) is 0 Å². The molecule has 0 aromatic carbocycles. The molecule has 0 amide bonds. The number of carbonyl (C=O) groups is 1. The maximum Gasteiger partial charge on any atom is 0.307 e. The van der Waals surface area contributed by atoms with Gasteiger partial charge in [-0.15, -0.1) is 11.8 Å². The first kappa shape index (κ1) is 22.3. The molecule has 2 bridgehead atoms. The molecule has 3 aromatic heterocycles. The summed E-state index contributed by atoms with van der Waals surface area (Å²) in [5, 5.41) is 10.8. The number of nitrogens with one attached hydrogen (secondary N) is 1. The number of fused-ring (bicyclic) bond motifs is 4. The summed E-state index contributed by atoms with van der Waals surface area (Å²) in [5.74, 6) is -1.66. The first-order valence-electron chi connectivity index (χ1n) is 11.4. The summed E-state index contributed by atoms with van der Waals surface area (Å²) in [4.78, 5) is 28.2. The highest BCUT2D eigenvalue weighted by atomic mass is 32.2. The molecular formula is C24H26F2N4O2S. The summed E-state index contributed by atoms with van der Waals surface area (Å²) in [7, 11) is 0. The fourth-order valence-corrected chi connectivity index (χ4v) is 6.47. The third-order valence-corrected chi connectivity index (χ3v) is 8.05. The van der Waals surface area contributed by atoms with Crippen LogP contribution in [0.5, 0.6) is 0 Å². The van der Waals surface area contributed by atoms with Crippen molar-refractivity contribution >= 4 is 28.8 Å². The summed E-state index contributed by atoms with van der Waals surface area (Å²) in [6.07, 6.45) is 6.87. The lowest BCUT2D eigenvalue weighted by Gasteiger charge is -2.46. The molecule has 174 valence electrons. The van der Waals surface area contributed by atoms with E-state index in [0.29, 0.717) is 22.4 Å². The lowest BCUT2D eigenvalue weighted by molar-refractivity contribution is -0.152. The van der Waals surface area contributed by atoms with Gasteiger partial charge in [0.05, 0.1) is 17.8 Å². The summed E-state index contributed by atoms with van der Waals surface area (Å²) < 4.78 is 29.5. The quantitative estimate of drug-likeness (QED) is 0.365. The minimum Gasteiger partial charge on any atom is -0.481 e. The van der Waals surface area contributed by atoms with E-state index in [2.05, 4.69) is 19.9 Å². The van der Waals surface area contributed by atoms with Gasteiger partial charge in [-0.25, -0.2) is 23.7 Å². The minimum absolute atomic E-state index is 0.0923. The van der Waals surface area contributed by atoms with Gasteiger partial charge in [-0.3, -0.25) is 4.79 Å². The Morgan fingerprint density at radius 1 is 1.21 bits per heavy atom. The summed E-state index contributed by atoms with van der Waals surface area (Å²) in [6.45, 7) is 3.91. The van der Waals surface area contributed by atoms with Crippen molar-refractivity contribution in [1.29, 1.82) is 0 Å². The van der Waals surface area contributed by atoms with Gasteiger partial charge in [0, 0.05) is 22.4 Å². The molecule has 0 aliphatic heterocycles. The van der Waals surface area contributed by atoms with Crippen molar-refractivity contribution in [3.8, 4) is 11.4 Å². The summed E-state index contributed by atoms with van der Waals surface area (Å²) in [6, 6.07) is 1.36. The average Bonchev–Trinajstić information content (AvgIpc) is 3.19. The molecule has 0 radical (unpaired) electrons. The van der Waals surface area contributed by atoms with Gasteiger partial charge in [-0.05, 0) is 55.9 Å². The van der Waals surface area contributed by atoms with Gasteiger partial charge in [0.1, 0.15) is 16.5 Å². The van der Waals surface area contributed by atoms with Gasteiger partial charge in [-0.1, -0.05) is 13.8 Å². The van der Waals surface area contributed by atoms with Gasteiger partial charge in [0.15, 0.2) is 11.6 Å². The van der Waals surface area contributed by atoms with E-state index in [1.54, 1.807) is 6.20 Å². The smallest absolute Gasteiger partial charge is 0.307 e. The SMILES string of the molecule is CC(C)Sc1nc(-c2c[nH]c3ncc(F)cc23)nc(CC2C3CCC(CC3)C2C(=O)O)c1F. The lowest BCUT2D eigenvalue weighted by Crippen LogP contribution is -2.45. The van der Waals surface area contributed by atoms with E-state index < -0.39 is 23.5 Å². The maximum absolute atomic E-state index is 15.6. The van der Waals surface area contributed by atoms with Crippen molar-refractivity contribution < 1.29 is 18.7 Å². The van der Waals surface area contributed by atoms with Gasteiger partial charge < -0.3 is 10.1 Å². The lowest BCUT2D eigenvalue weighted by atomic mass is 9.57. The topological polar surface area (TPSA) is 91.8 Å². The standard InChI is InChI=1S/C24H26F2N4O2S/c1-11(2)33-23-20(26)18(8-15-12-3-5-13(6-4-12)19(15)24(31)32)29-22(30-23)17-10-28-21-16(17)7-14(25)9-27-21/h7,9-13,15,19H,3-6,8H2,1-2H3,(H,27,28)(H,31,32). The second-order valence-electron chi connectivity index (χ2n) is 9.44. The Morgan fingerprint density at radius 3 is 2.64 bits per heavy atom. The molecule has 2 atom stereocenters. The fraction of sp³-hybridized carbons (Fsp3) is 0.500. The minimum atomic E-state index is -0.793. The summed E-state index contributed by atoms with van der Waals surface area (Å²) in [5.41, 5.74) is 1.28. The first-order valence-corrected chi connectivity index (χ1v) is 12.3. The molecule has 2 unspecified atom stereocenters. The molecule has 33 heavy (non-hydrogen) atoms. The zero-order chi connectivity index (χ0) is 23.3. The second-order valence-corrected chi connectivity index (χ2v) is 11.0. The molecular weight excluding hydrogens is 446 g/mol. The Morgan fingerprint density at radius 2 is 1.94 bits per heavy atom. The van der Waals surface area contributed by atoms with Gasteiger partial charge in [0.2, 0.25) is 0 Å². The number of hydrogen-bond donors (Lipinski definition) is 2. The zero-order valence-corrected chi connectivity index (χ0v) is 19.3. The van der Waals surface area contributed by atoms with Crippen molar-refractivity contribution in [1.82, 2.24) is 19.9 Å². The molecule has 3 aromatic rings. The number of aromatic amines is 1. The Hall–Kier alpha value is -2.55. The highest BCUT2D eigenvalue weighted by Gasteiger charge is 2.47. The van der Waals surface area contributed by atoms with Crippen LogP contribution in [-0.4, -0.2) is 36.3 Å². The predicted molar refractivity (Wildman–Crippen MR) is 122 cm³/mol. The molecule has 6 nitrogen and oxygen atoms in total. The van der Waals surface area contributed by atoms with Crippen LogP contribution in [0.25, 0.3) is 22.4 Å². The van der Waals surface area contributed by atoms with Crippen molar-refractivity contribution in [3.05, 3.63) is 35.8 Å². The van der Waals surface area contributed by atoms with Crippen LogP contribution in [0.4, 0.5) is 8.78 Å². The van der Waals surface area contributed by atoms with Crippen molar-refractivity contribution in [2.75, 3.05) is 0 Å². The molecule has 3 fully saturated rings. The highest BCUT2D eigenvalue weighted by molar-refractivity contribution is 7.99. The number of aliphatic carboxylic acids is 1. The van der Waals surface area contributed by atoms with Crippen LogP contribution < -0.4 is 0 Å². The maximum atomic E-state index is 15.6. The van der Waals surface area contributed by atoms with Crippen molar-refractivity contribution in [3.63, 3.8) is 0 Å². The number of rotatable bonds is 6. The number of aromatic nitrogens is 4. The monoisotopic (exact) mass is 472 g/mol. The summed E-state index contributed by atoms with van der Waals surface area (Å²) >= 11 is 1.30. The zero-order valence-electron chi connectivity index (χ0n) is 18.5. The second kappa shape index (κ2) is 8.66. The number of nitrogens with zero attached hydrogens (tertiary/aromatic N) is 3. The third kappa shape index (κ3) is 4.11. The van der Waals surface area contributed by atoms with Crippen LogP contribution in [-0.2, 0) is 11.2 Å². The van der Waals surface area contributed by atoms with E-state index in [1.807, 2.05) is 13.8 Å². The number of carboxylic acid groups (broad SMARTS) is 1. The van der Waals surface area contributed by atoms with E-state index in [0.717, 1.165) is 31.9 Å². The van der Waals surface area contributed by atoms with E-state index in [-0.39, 0.29) is 40.1 Å². The largest absolute Gasteiger partial charge is 0.481 e. The Kier molecular flexibility index (Phi) is 5.84. The van der Waals surface area contributed by atoms with Crippen LogP contribution >= 0.6 is 11.8 Å². The number of H-pyrrole nitrogens is 1. The number of carboxylic acids is 1. The van der Waals surface area contributed by atoms with Crippen LogP contribution in [0, 0.1) is 35.3 Å². The third-order valence-electron chi connectivity index (χ3n) is 7.08. The number of hydrogen-bond acceptors (Lipinski definition) is 5. The van der Waals surface area contributed by atoms with Crippen molar-refractivity contribution in [2.45, 2.75) is 56.2 Å². The highest BCUT2D eigenvalue weighted by Crippen LogP contribution is 2.50. The molecule has 6 rings (SSSR count). The number of halogens is 2. The number of thioether (sulfide) groups is 1. The van der Waals surface area contributed by atoms with Crippen LogP contribution in [0.3, 0.4) is 0 Å². The van der Waals surface area contributed by atoms with Crippen LogP contribution in [0.15, 0.2) is 23.5 Å². The van der Waals surface area contributed by atoms with Gasteiger partial charge in [0.25, 0.3) is 0 Å². The van der Waals surface area contributed by atoms with E-state index in [1.165, 1.54) is 17.8 Å². The molecule has 3 heterocycles. The Balaban J connectivity index is 1.59. The normalized spacial score (nSPS) is 24.6. The Labute approximate surface area is 194 Å². The first-order chi connectivity index (χ1) is 15.8. The van der Waals surface area contributed by atoms with E-state index in [4.69, 9.17) is 0 Å². The molecule has 3 saturated carbocycles. The molecule has 3 aliphatic carbocycles. The molecule has 2 N–H and O–H groups in total. The molecule has 0 saturated heterocycles. The van der Waals surface area contributed by atoms with E-state index >= 15 is 4.39 Å². The number of pyridine rings is 1. The fourth-order valence-electron chi connectivity index (χ4n) is 5.67. The van der Waals surface area contributed by atoms with Crippen molar-refractivity contribution in [2.24, 2.45) is 23.7 Å².